The van der Waals surface area contributed by atoms with Gasteiger partial charge in [-0.1, -0.05) is 53.0 Å². The van der Waals surface area contributed by atoms with Crippen molar-refractivity contribution in [2.75, 3.05) is 13.7 Å². The Balaban J connectivity index is 1.38. The number of hydrogen-bond donors (Lipinski definition) is 2. The molecule has 0 fully saturated rings. The summed E-state index contributed by atoms with van der Waals surface area (Å²) >= 11 is 12.6. The molecule has 1 amide bonds. The molecule has 0 aliphatic rings. The van der Waals surface area contributed by atoms with E-state index in [-0.39, 0.29) is 11.3 Å². The zero-order chi connectivity index (χ0) is 30.5. The molecule has 0 atom stereocenters. The van der Waals surface area contributed by atoms with Crippen LogP contribution in [-0.2, 0) is 0 Å². The van der Waals surface area contributed by atoms with Crippen LogP contribution >= 0.6 is 23.2 Å². The fourth-order valence-electron chi connectivity index (χ4n) is 4.59. The summed E-state index contributed by atoms with van der Waals surface area (Å²) in [5.41, 5.74) is 6.98. The Bertz CT molecular complexity index is 1870. The molecular formula is C33H27Cl2N3O5. The number of rotatable bonds is 9. The van der Waals surface area contributed by atoms with Gasteiger partial charge in [0.15, 0.2) is 11.5 Å². The van der Waals surface area contributed by atoms with Crippen molar-refractivity contribution in [3.63, 3.8) is 0 Å². The van der Waals surface area contributed by atoms with Crippen molar-refractivity contribution >= 4 is 52.2 Å². The highest BCUT2D eigenvalue weighted by Crippen LogP contribution is 2.37. The molecule has 2 N–H and O–H groups in total. The lowest BCUT2D eigenvalue weighted by atomic mass is 10.0. The number of fused-ring (bicyclic) bond motifs is 1. The van der Waals surface area contributed by atoms with Crippen molar-refractivity contribution in [1.82, 2.24) is 10.4 Å². The average Bonchev–Trinajstić information content (AvgIpc) is 3.37. The number of carbonyl (C=O) groups excluding carboxylic acids is 2. The number of hydrazone groups is 1. The fourth-order valence-corrected chi connectivity index (χ4v) is 5.00. The molecule has 0 unspecified atom stereocenters. The van der Waals surface area contributed by atoms with Gasteiger partial charge >= 0.3 is 5.97 Å². The monoisotopic (exact) mass is 615 g/mol. The minimum absolute atomic E-state index is 0.175. The first-order chi connectivity index (χ1) is 20.8. The number of H-pyrrole nitrogens is 1. The van der Waals surface area contributed by atoms with E-state index in [4.69, 9.17) is 37.4 Å². The number of nitrogens with one attached hydrogen (secondary N) is 2. The van der Waals surface area contributed by atoms with Crippen LogP contribution < -0.4 is 19.6 Å². The Morgan fingerprint density at radius 3 is 2.51 bits per heavy atom. The third-order valence-corrected chi connectivity index (χ3v) is 7.12. The van der Waals surface area contributed by atoms with Crippen LogP contribution in [0.3, 0.4) is 0 Å². The van der Waals surface area contributed by atoms with Crippen LogP contribution in [0.15, 0.2) is 84.0 Å². The van der Waals surface area contributed by atoms with E-state index in [1.54, 1.807) is 36.4 Å². The SMILES string of the molecule is CCOc1cc(C=NNC(=O)c2[nH]c3ccc(C)cc3c2-c2ccccc2Cl)ccc1OC(=O)c1cc(Cl)ccc1OC. The number of methoxy groups -OCH3 is 1. The number of hydrogen-bond acceptors (Lipinski definition) is 6. The normalized spacial score (nSPS) is 11.1. The van der Waals surface area contributed by atoms with Gasteiger partial charge in [0, 0.05) is 32.1 Å². The van der Waals surface area contributed by atoms with E-state index in [1.807, 2.05) is 50.2 Å². The number of aromatic nitrogens is 1. The number of esters is 1. The molecule has 1 heterocycles. The van der Waals surface area contributed by atoms with Crippen LogP contribution in [0, 0.1) is 6.92 Å². The summed E-state index contributed by atoms with van der Waals surface area (Å²) in [5.74, 6) is -0.246. The fraction of sp³-hybridized carbons (Fsp3) is 0.121. The molecule has 1 aromatic heterocycles. The molecule has 5 rings (SSSR count). The van der Waals surface area contributed by atoms with Gasteiger partial charge in [0.1, 0.15) is 17.0 Å². The summed E-state index contributed by atoms with van der Waals surface area (Å²) in [5, 5.41) is 5.94. The lowest BCUT2D eigenvalue weighted by Crippen LogP contribution is -2.19. The predicted octanol–water partition coefficient (Wildman–Crippen LogP) is 7.84. The number of ether oxygens (including phenoxy) is 3. The number of aryl methyl sites for hydroxylation is 1. The molecule has 43 heavy (non-hydrogen) atoms. The number of carbonyl (C=O) groups is 2. The second-order valence-electron chi connectivity index (χ2n) is 9.48. The van der Waals surface area contributed by atoms with Gasteiger partial charge in [0.2, 0.25) is 0 Å². The third-order valence-electron chi connectivity index (χ3n) is 6.56. The van der Waals surface area contributed by atoms with Crippen molar-refractivity contribution < 1.29 is 23.8 Å². The largest absolute Gasteiger partial charge is 0.496 e. The summed E-state index contributed by atoms with van der Waals surface area (Å²) in [4.78, 5) is 29.5. The Labute approximate surface area is 258 Å². The van der Waals surface area contributed by atoms with Gasteiger partial charge in [-0.05, 0) is 74.0 Å². The summed E-state index contributed by atoms with van der Waals surface area (Å²) < 4.78 is 16.6. The van der Waals surface area contributed by atoms with Gasteiger partial charge in [-0.15, -0.1) is 0 Å². The van der Waals surface area contributed by atoms with Crippen LogP contribution in [0.2, 0.25) is 10.0 Å². The zero-order valence-electron chi connectivity index (χ0n) is 23.5. The van der Waals surface area contributed by atoms with Crippen LogP contribution in [-0.4, -0.2) is 36.8 Å². The minimum Gasteiger partial charge on any atom is -0.496 e. The van der Waals surface area contributed by atoms with Gasteiger partial charge in [0.25, 0.3) is 5.91 Å². The molecule has 10 heteroatoms. The molecule has 0 aliphatic heterocycles. The first-order valence-electron chi connectivity index (χ1n) is 13.3. The number of nitrogens with zero attached hydrogens (tertiary/aromatic N) is 1. The van der Waals surface area contributed by atoms with Crippen molar-refractivity contribution in [2.45, 2.75) is 13.8 Å². The Morgan fingerprint density at radius 2 is 1.74 bits per heavy atom. The number of amides is 1. The van der Waals surface area contributed by atoms with E-state index in [0.717, 1.165) is 22.0 Å². The second-order valence-corrected chi connectivity index (χ2v) is 10.3. The molecule has 0 bridgehead atoms. The van der Waals surface area contributed by atoms with Crippen molar-refractivity contribution in [1.29, 1.82) is 0 Å². The summed E-state index contributed by atoms with van der Waals surface area (Å²) in [7, 11) is 1.45. The van der Waals surface area contributed by atoms with E-state index in [1.165, 1.54) is 19.4 Å². The summed E-state index contributed by atoms with van der Waals surface area (Å²) in [6, 6.07) is 22.9. The Kier molecular flexibility index (Phi) is 8.99. The molecule has 5 aromatic rings. The maximum atomic E-state index is 13.3. The Morgan fingerprint density at radius 1 is 0.953 bits per heavy atom. The van der Waals surface area contributed by atoms with Crippen LogP contribution in [0.5, 0.6) is 17.2 Å². The molecule has 4 aromatic carbocycles. The average molecular weight is 617 g/mol. The topological polar surface area (TPSA) is 102 Å². The molecular weight excluding hydrogens is 589 g/mol. The molecule has 0 aliphatic carbocycles. The first-order valence-corrected chi connectivity index (χ1v) is 14.1. The van der Waals surface area contributed by atoms with Crippen LogP contribution in [0.25, 0.3) is 22.0 Å². The van der Waals surface area contributed by atoms with Gasteiger partial charge in [-0.25, -0.2) is 10.2 Å². The number of aromatic amines is 1. The molecule has 0 saturated heterocycles. The molecule has 0 spiro atoms. The lowest BCUT2D eigenvalue weighted by Gasteiger charge is -2.13. The lowest BCUT2D eigenvalue weighted by molar-refractivity contribution is 0.0724. The molecule has 218 valence electrons. The Hall–Kier alpha value is -4.79. The number of benzene rings is 4. The highest BCUT2D eigenvalue weighted by molar-refractivity contribution is 6.34. The minimum atomic E-state index is -0.656. The van der Waals surface area contributed by atoms with Gasteiger partial charge < -0.3 is 19.2 Å². The highest BCUT2D eigenvalue weighted by atomic mass is 35.5. The van der Waals surface area contributed by atoms with E-state index < -0.39 is 11.9 Å². The summed E-state index contributed by atoms with van der Waals surface area (Å²) in [6.07, 6.45) is 1.47. The first kappa shape index (κ1) is 29.7. The van der Waals surface area contributed by atoms with Gasteiger partial charge in [0.05, 0.1) is 19.9 Å². The van der Waals surface area contributed by atoms with Crippen molar-refractivity contribution in [3.05, 3.63) is 111 Å². The quantitative estimate of drug-likeness (QED) is 0.0761. The highest BCUT2D eigenvalue weighted by Gasteiger charge is 2.21. The van der Waals surface area contributed by atoms with E-state index in [2.05, 4.69) is 15.5 Å². The molecule has 0 radical (unpaired) electrons. The van der Waals surface area contributed by atoms with Crippen molar-refractivity contribution in [2.24, 2.45) is 5.10 Å². The van der Waals surface area contributed by atoms with Gasteiger partial charge in [-0.2, -0.15) is 5.10 Å². The second kappa shape index (κ2) is 13.0. The summed E-state index contributed by atoms with van der Waals surface area (Å²) in [6.45, 7) is 4.13. The zero-order valence-corrected chi connectivity index (χ0v) is 25.0. The number of halogens is 2. The smallest absolute Gasteiger partial charge is 0.347 e. The molecule has 8 nitrogen and oxygen atoms in total. The van der Waals surface area contributed by atoms with E-state index in [0.29, 0.717) is 45.0 Å². The van der Waals surface area contributed by atoms with E-state index in [9.17, 15) is 9.59 Å². The predicted molar refractivity (Wildman–Crippen MR) is 169 cm³/mol. The van der Waals surface area contributed by atoms with Gasteiger partial charge in [-0.3, -0.25) is 4.79 Å². The van der Waals surface area contributed by atoms with Crippen LogP contribution in [0.1, 0.15) is 38.9 Å². The maximum Gasteiger partial charge on any atom is 0.347 e. The standard InChI is InChI=1S/C33H27Cl2N3O5/c1-4-42-29-16-20(10-13-28(29)43-33(40)24-17-21(34)11-14-27(24)41-3)18-36-38-32(39)31-30(22-7-5-6-8-25(22)35)23-15-19(2)9-12-26(23)37-31/h5-18,37H,4H2,1-3H3,(H,38,39). The maximum absolute atomic E-state index is 13.3. The molecule has 0 saturated carbocycles. The van der Waals surface area contributed by atoms with Crippen LogP contribution in [0.4, 0.5) is 0 Å². The van der Waals surface area contributed by atoms with E-state index >= 15 is 0 Å². The third kappa shape index (κ3) is 6.51. The van der Waals surface area contributed by atoms with Crippen molar-refractivity contribution in [3.8, 4) is 28.4 Å².